The van der Waals surface area contributed by atoms with E-state index in [9.17, 15) is 9.59 Å². The maximum atomic E-state index is 13.5. The highest BCUT2D eigenvalue weighted by Crippen LogP contribution is 2.80. The lowest BCUT2D eigenvalue weighted by molar-refractivity contribution is -0.141. The van der Waals surface area contributed by atoms with Crippen molar-refractivity contribution in [3.8, 4) is 0 Å². The van der Waals surface area contributed by atoms with E-state index in [4.69, 9.17) is 4.74 Å². The highest BCUT2D eigenvalue weighted by Gasteiger charge is 2.71. The number of carbonyl (C=O) groups is 2. The molecule has 1 saturated carbocycles. The van der Waals surface area contributed by atoms with Crippen LogP contribution in [0.2, 0.25) is 0 Å². The number of ether oxygens (including phenoxy) is 1. The molecule has 1 heterocycles. The monoisotopic (exact) mass is 424 g/mol. The summed E-state index contributed by atoms with van der Waals surface area (Å²) in [5.74, 6) is -0.00812. The first-order valence-electron chi connectivity index (χ1n) is 10.9. The van der Waals surface area contributed by atoms with Gasteiger partial charge in [-0.25, -0.2) is 4.79 Å². The van der Waals surface area contributed by atoms with E-state index in [1.807, 2.05) is 62.4 Å². The van der Waals surface area contributed by atoms with Gasteiger partial charge in [0.15, 0.2) is 11.3 Å². The smallest absolute Gasteiger partial charge is 0.344 e. The van der Waals surface area contributed by atoms with Crippen molar-refractivity contribution in [1.29, 1.82) is 0 Å². The molecule has 1 aliphatic heterocycles. The molecule has 2 aromatic carbocycles. The minimum atomic E-state index is -1.73. The first kappa shape index (κ1) is 21.1. The van der Waals surface area contributed by atoms with Crippen LogP contribution in [0.3, 0.4) is 0 Å². The third kappa shape index (κ3) is 4.03. The molecule has 1 aliphatic carbocycles. The molecule has 4 nitrogen and oxygen atoms in total. The van der Waals surface area contributed by atoms with Crippen LogP contribution in [0.5, 0.6) is 0 Å². The topological polar surface area (TPSA) is 55.4 Å². The highest BCUT2D eigenvalue weighted by atomic mass is 31.2. The molecule has 158 valence electrons. The molecular formula is C25H31NO3P+. The molecule has 0 unspecified atom stereocenters. The van der Waals surface area contributed by atoms with Crippen molar-refractivity contribution in [2.24, 2.45) is 0 Å². The molecule has 1 N–H and O–H groups in total. The average molecular weight is 425 g/mol. The fraction of sp³-hybridized carbons (Fsp3) is 0.440. The molecular weight excluding hydrogens is 393 g/mol. The summed E-state index contributed by atoms with van der Waals surface area (Å²) < 4.78 is 5.63. The number of rotatable bonds is 7. The predicted octanol–water partition coefficient (Wildman–Crippen LogP) is 5.33. The Morgan fingerprint density at radius 3 is 2.20 bits per heavy atom. The van der Waals surface area contributed by atoms with Crippen LogP contribution in [-0.4, -0.2) is 35.5 Å². The van der Waals surface area contributed by atoms with Crippen LogP contribution in [0.15, 0.2) is 48.5 Å². The van der Waals surface area contributed by atoms with E-state index < -0.39 is 7.26 Å². The van der Waals surface area contributed by atoms with E-state index in [1.165, 1.54) is 0 Å². The molecule has 0 radical (unpaired) electrons. The second-order valence-electron chi connectivity index (χ2n) is 8.86. The summed E-state index contributed by atoms with van der Waals surface area (Å²) in [4.78, 5) is 26.3. The number of amides is 1. The normalized spacial score (nSPS) is 18.6. The Morgan fingerprint density at radius 2 is 1.60 bits per heavy atom. The van der Waals surface area contributed by atoms with Gasteiger partial charge in [-0.1, -0.05) is 48.5 Å². The van der Waals surface area contributed by atoms with Crippen molar-refractivity contribution < 1.29 is 14.3 Å². The summed E-state index contributed by atoms with van der Waals surface area (Å²) >= 11 is 0. The van der Waals surface area contributed by atoms with Gasteiger partial charge >= 0.3 is 5.97 Å². The van der Waals surface area contributed by atoms with Crippen molar-refractivity contribution in [3.05, 3.63) is 65.2 Å². The molecule has 2 aromatic rings. The molecule has 2 aliphatic rings. The van der Waals surface area contributed by atoms with Gasteiger partial charge in [-0.15, -0.1) is 0 Å². The minimum absolute atomic E-state index is 0.131. The van der Waals surface area contributed by atoms with Gasteiger partial charge < -0.3 is 10.1 Å². The molecule has 0 spiro atoms. The van der Waals surface area contributed by atoms with Crippen molar-refractivity contribution in [2.75, 3.05) is 23.8 Å². The largest absolute Gasteiger partial charge is 0.458 e. The Hall–Kier alpha value is -2.19. The summed E-state index contributed by atoms with van der Waals surface area (Å²) in [6.45, 7) is 4.37. The van der Waals surface area contributed by atoms with Gasteiger partial charge in [0.2, 0.25) is 0 Å². The molecule has 2 fully saturated rings. The molecule has 4 rings (SSSR count). The van der Waals surface area contributed by atoms with Crippen molar-refractivity contribution >= 4 is 24.8 Å². The third-order valence-corrected chi connectivity index (χ3v) is 12.5. The van der Waals surface area contributed by atoms with Gasteiger partial charge in [-0.2, -0.15) is 0 Å². The first-order valence-corrected chi connectivity index (χ1v) is 13.2. The number of hydrogen-bond acceptors (Lipinski definition) is 3. The molecule has 0 atom stereocenters. The first-order chi connectivity index (χ1) is 14.5. The zero-order valence-electron chi connectivity index (χ0n) is 17.9. The standard InChI is InChI=1S/C25H30NO3P/c1-19-9-8-10-20(2)23(19)26-24(28)25(13-14-25)30(15-6-7-16-30)18-22(27)29-17-21-11-4-3-5-12-21/h3-5,8-12H,6-7,13-18H2,1-2H3/p+1. The van der Waals surface area contributed by atoms with E-state index in [0.717, 1.165) is 60.4 Å². The van der Waals surface area contributed by atoms with Crippen molar-refractivity contribution in [1.82, 2.24) is 0 Å². The van der Waals surface area contributed by atoms with Crippen LogP contribution >= 0.6 is 7.26 Å². The predicted molar refractivity (Wildman–Crippen MR) is 124 cm³/mol. The van der Waals surface area contributed by atoms with E-state index in [0.29, 0.717) is 12.8 Å². The van der Waals surface area contributed by atoms with Gasteiger partial charge in [0.05, 0.1) is 12.3 Å². The second-order valence-corrected chi connectivity index (χ2v) is 13.2. The average Bonchev–Trinajstić information content (AvgIpc) is 3.44. The SMILES string of the molecule is Cc1cccc(C)c1NC(=O)C1([P+]2(CC(=O)OCc3ccccc3)CCCC2)CC1. The summed E-state index contributed by atoms with van der Waals surface area (Å²) in [6.07, 6.45) is 6.57. The van der Waals surface area contributed by atoms with E-state index in [1.54, 1.807) is 0 Å². The molecule has 1 saturated heterocycles. The van der Waals surface area contributed by atoms with E-state index in [-0.39, 0.29) is 17.0 Å². The van der Waals surface area contributed by atoms with Crippen LogP contribution < -0.4 is 5.32 Å². The third-order valence-electron chi connectivity index (χ3n) is 6.87. The highest BCUT2D eigenvalue weighted by molar-refractivity contribution is 7.79. The van der Waals surface area contributed by atoms with E-state index >= 15 is 0 Å². The Balaban J connectivity index is 1.48. The number of anilines is 1. The van der Waals surface area contributed by atoms with Crippen LogP contribution in [0.25, 0.3) is 0 Å². The van der Waals surface area contributed by atoms with Gasteiger partial charge in [-0.3, -0.25) is 4.79 Å². The Morgan fingerprint density at radius 1 is 0.967 bits per heavy atom. The Bertz CT molecular complexity index is 910. The fourth-order valence-corrected chi connectivity index (χ4v) is 10.5. The summed E-state index contributed by atoms with van der Waals surface area (Å²) in [5.41, 5.74) is 4.09. The zero-order chi connectivity index (χ0) is 21.2. The van der Waals surface area contributed by atoms with Gasteiger partial charge in [0.25, 0.3) is 5.91 Å². The summed E-state index contributed by atoms with van der Waals surface area (Å²) in [7, 11) is -1.73. The summed E-state index contributed by atoms with van der Waals surface area (Å²) in [6, 6.07) is 15.9. The lowest BCUT2D eigenvalue weighted by Gasteiger charge is -2.30. The number of carbonyl (C=O) groups excluding carboxylic acids is 2. The molecule has 30 heavy (non-hydrogen) atoms. The summed E-state index contributed by atoms with van der Waals surface area (Å²) in [5, 5.41) is 2.92. The van der Waals surface area contributed by atoms with Crippen LogP contribution in [0.1, 0.15) is 42.4 Å². The van der Waals surface area contributed by atoms with Crippen LogP contribution in [0.4, 0.5) is 5.69 Å². The maximum absolute atomic E-state index is 13.5. The number of hydrogen-bond donors (Lipinski definition) is 1. The fourth-order valence-electron chi connectivity index (χ4n) is 4.99. The van der Waals surface area contributed by atoms with Gasteiger partial charge in [-0.05, 0) is 43.4 Å². The Labute approximate surface area is 179 Å². The van der Waals surface area contributed by atoms with Gasteiger partial charge in [0.1, 0.15) is 6.61 Å². The maximum Gasteiger partial charge on any atom is 0.344 e. The minimum Gasteiger partial charge on any atom is -0.458 e. The second kappa shape index (κ2) is 8.51. The molecule has 1 amide bonds. The molecule has 0 bridgehead atoms. The van der Waals surface area contributed by atoms with Crippen LogP contribution in [-0.2, 0) is 20.9 Å². The molecule has 5 heteroatoms. The lowest BCUT2D eigenvalue weighted by Crippen LogP contribution is -2.36. The van der Waals surface area contributed by atoms with Crippen LogP contribution in [0, 0.1) is 13.8 Å². The lowest BCUT2D eigenvalue weighted by atomic mass is 10.1. The zero-order valence-corrected chi connectivity index (χ0v) is 18.8. The number of aryl methyl sites for hydroxylation is 2. The van der Waals surface area contributed by atoms with E-state index in [2.05, 4.69) is 5.32 Å². The number of esters is 1. The molecule has 0 aromatic heterocycles. The van der Waals surface area contributed by atoms with Crippen molar-refractivity contribution in [3.63, 3.8) is 0 Å². The Kier molecular flexibility index (Phi) is 5.97. The number of para-hydroxylation sites is 1. The number of benzene rings is 2. The quantitative estimate of drug-likeness (QED) is 0.483. The number of nitrogens with one attached hydrogen (secondary N) is 1. The van der Waals surface area contributed by atoms with Gasteiger partial charge in [0, 0.05) is 25.8 Å². The van der Waals surface area contributed by atoms with Crippen molar-refractivity contribution in [2.45, 2.75) is 51.3 Å².